The van der Waals surface area contributed by atoms with Crippen molar-refractivity contribution in [1.82, 2.24) is 10.2 Å². The lowest BCUT2D eigenvalue weighted by Crippen LogP contribution is -2.48. The van der Waals surface area contributed by atoms with Crippen LogP contribution in [0.3, 0.4) is 0 Å². The summed E-state index contributed by atoms with van der Waals surface area (Å²) in [5, 5.41) is 4.64. The van der Waals surface area contributed by atoms with E-state index in [0.29, 0.717) is 6.04 Å². The minimum Gasteiger partial charge on any atom is -0.360 e. The van der Waals surface area contributed by atoms with E-state index in [1.165, 1.54) is 51.4 Å². The predicted octanol–water partition coefficient (Wildman–Crippen LogP) is 3.32. The highest BCUT2D eigenvalue weighted by atomic mass is 32.1. The lowest BCUT2D eigenvalue weighted by Gasteiger charge is -2.33. The van der Waals surface area contributed by atoms with Gasteiger partial charge in [0, 0.05) is 19.1 Å². The summed E-state index contributed by atoms with van der Waals surface area (Å²) in [4.78, 5) is 2.39. The Morgan fingerprint density at radius 3 is 2.29 bits per heavy atom. The summed E-state index contributed by atoms with van der Waals surface area (Å²) >= 11 is 5.58. The molecule has 0 aromatic carbocycles. The van der Waals surface area contributed by atoms with Gasteiger partial charge in [0.25, 0.3) is 0 Å². The molecule has 2 unspecified atom stereocenters. The van der Waals surface area contributed by atoms with E-state index in [1.807, 2.05) is 0 Å². The second-order valence-corrected chi connectivity index (χ2v) is 6.11. The standard InChI is InChI=1S/C14H26N2S/c1-12-8-4-5-9-13(12)15-14(17)16-10-6-2-3-7-11-16/h12-13H,2-11H2,1H3,(H,15,17). The smallest absolute Gasteiger partial charge is 0.169 e. The quantitative estimate of drug-likeness (QED) is 0.723. The van der Waals surface area contributed by atoms with Crippen LogP contribution in [0.4, 0.5) is 0 Å². The molecule has 0 radical (unpaired) electrons. The van der Waals surface area contributed by atoms with Crippen molar-refractivity contribution in [3.8, 4) is 0 Å². The molecule has 2 atom stereocenters. The number of rotatable bonds is 1. The lowest BCUT2D eigenvalue weighted by atomic mass is 9.86. The average molecular weight is 254 g/mol. The zero-order valence-corrected chi connectivity index (χ0v) is 11.9. The third kappa shape index (κ3) is 3.84. The number of likely N-dealkylation sites (tertiary alicyclic amines) is 1. The van der Waals surface area contributed by atoms with Crippen LogP contribution >= 0.6 is 12.2 Å². The van der Waals surface area contributed by atoms with Crippen molar-refractivity contribution in [2.75, 3.05) is 13.1 Å². The van der Waals surface area contributed by atoms with Crippen LogP contribution in [0.5, 0.6) is 0 Å². The van der Waals surface area contributed by atoms with Crippen molar-refractivity contribution in [1.29, 1.82) is 0 Å². The third-order valence-corrected chi connectivity index (χ3v) is 4.69. The Balaban J connectivity index is 1.82. The Labute approximate surface area is 111 Å². The van der Waals surface area contributed by atoms with Gasteiger partial charge >= 0.3 is 0 Å². The molecule has 98 valence electrons. The zero-order chi connectivity index (χ0) is 12.1. The zero-order valence-electron chi connectivity index (χ0n) is 11.1. The Bertz CT molecular complexity index is 247. The minimum atomic E-state index is 0.625. The van der Waals surface area contributed by atoms with E-state index in [4.69, 9.17) is 12.2 Å². The predicted molar refractivity (Wildman–Crippen MR) is 77.2 cm³/mol. The highest BCUT2D eigenvalue weighted by molar-refractivity contribution is 7.80. The van der Waals surface area contributed by atoms with Gasteiger partial charge in [-0.15, -0.1) is 0 Å². The van der Waals surface area contributed by atoms with E-state index in [1.54, 1.807) is 0 Å². The summed E-state index contributed by atoms with van der Waals surface area (Å²) < 4.78 is 0. The molecule has 1 aliphatic heterocycles. The van der Waals surface area contributed by atoms with Gasteiger partial charge in [0.2, 0.25) is 0 Å². The van der Waals surface area contributed by atoms with Crippen LogP contribution < -0.4 is 5.32 Å². The summed E-state index contributed by atoms with van der Waals surface area (Å²) in [6, 6.07) is 0.625. The van der Waals surface area contributed by atoms with E-state index >= 15 is 0 Å². The molecule has 1 saturated carbocycles. The summed E-state index contributed by atoms with van der Waals surface area (Å²) in [5.74, 6) is 0.786. The van der Waals surface area contributed by atoms with E-state index in [2.05, 4.69) is 17.1 Å². The fourth-order valence-electron chi connectivity index (χ4n) is 3.05. The first-order valence-corrected chi connectivity index (χ1v) is 7.73. The van der Waals surface area contributed by atoms with Gasteiger partial charge in [-0.3, -0.25) is 0 Å². The number of nitrogens with one attached hydrogen (secondary N) is 1. The molecule has 1 heterocycles. The summed E-state index contributed by atoms with van der Waals surface area (Å²) in [7, 11) is 0. The Morgan fingerprint density at radius 2 is 1.65 bits per heavy atom. The molecule has 17 heavy (non-hydrogen) atoms. The molecule has 2 nitrogen and oxygen atoms in total. The largest absolute Gasteiger partial charge is 0.360 e. The summed E-state index contributed by atoms with van der Waals surface area (Å²) in [5.41, 5.74) is 0. The minimum absolute atomic E-state index is 0.625. The summed E-state index contributed by atoms with van der Waals surface area (Å²) in [6.45, 7) is 4.68. The second kappa shape index (κ2) is 6.58. The number of nitrogens with zero attached hydrogens (tertiary/aromatic N) is 1. The first-order valence-electron chi connectivity index (χ1n) is 7.33. The molecule has 3 heteroatoms. The second-order valence-electron chi connectivity index (χ2n) is 5.72. The van der Waals surface area contributed by atoms with Gasteiger partial charge in [0.1, 0.15) is 0 Å². The molecule has 2 rings (SSSR count). The van der Waals surface area contributed by atoms with Crippen LogP contribution in [0.2, 0.25) is 0 Å². The van der Waals surface area contributed by atoms with E-state index in [9.17, 15) is 0 Å². The molecule has 0 spiro atoms. The monoisotopic (exact) mass is 254 g/mol. The maximum Gasteiger partial charge on any atom is 0.169 e. The molecular formula is C14H26N2S. The molecular weight excluding hydrogens is 228 g/mol. The van der Waals surface area contributed by atoms with Crippen LogP contribution in [-0.2, 0) is 0 Å². The van der Waals surface area contributed by atoms with Crippen molar-refractivity contribution >= 4 is 17.3 Å². The summed E-state index contributed by atoms with van der Waals surface area (Å²) in [6.07, 6.45) is 10.8. The van der Waals surface area contributed by atoms with Crippen molar-refractivity contribution in [3.63, 3.8) is 0 Å². The maximum absolute atomic E-state index is 5.58. The van der Waals surface area contributed by atoms with Gasteiger partial charge in [0.05, 0.1) is 0 Å². The maximum atomic E-state index is 5.58. The third-order valence-electron chi connectivity index (χ3n) is 4.31. The molecule has 0 bridgehead atoms. The van der Waals surface area contributed by atoms with Gasteiger partial charge in [-0.2, -0.15) is 0 Å². The molecule has 1 saturated heterocycles. The van der Waals surface area contributed by atoms with Crippen LogP contribution in [-0.4, -0.2) is 29.1 Å². The van der Waals surface area contributed by atoms with Gasteiger partial charge in [-0.1, -0.05) is 32.6 Å². The van der Waals surface area contributed by atoms with Gasteiger partial charge in [-0.05, 0) is 43.8 Å². The number of hydrogen-bond acceptors (Lipinski definition) is 1. The van der Waals surface area contributed by atoms with E-state index < -0.39 is 0 Å². The van der Waals surface area contributed by atoms with Gasteiger partial charge in [-0.25, -0.2) is 0 Å². The van der Waals surface area contributed by atoms with Crippen molar-refractivity contribution in [2.24, 2.45) is 5.92 Å². The highest BCUT2D eigenvalue weighted by Gasteiger charge is 2.23. The first-order chi connectivity index (χ1) is 8.27. The van der Waals surface area contributed by atoms with Crippen molar-refractivity contribution in [3.05, 3.63) is 0 Å². The van der Waals surface area contributed by atoms with Gasteiger partial charge in [0.15, 0.2) is 5.11 Å². The van der Waals surface area contributed by atoms with Crippen molar-refractivity contribution < 1.29 is 0 Å². The van der Waals surface area contributed by atoms with Crippen LogP contribution in [0, 0.1) is 5.92 Å². The van der Waals surface area contributed by atoms with E-state index in [-0.39, 0.29) is 0 Å². The van der Waals surface area contributed by atoms with Crippen molar-refractivity contribution in [2.45, 2.75) is 64.3 Å². The SMILES string of the molecule is CC1CCCCC1NC(=S)N1CCCCCC1. The van der Waals surface area contributed by atoms with Crippen LogP contribution in [0.25, 0.3) is 0 Å². The van der Waals surface area contributed by atoms with E-state index in [0.717, 1.165) is 24.1 Å². The molecule has 1 aliphatic carbocycles. The topological polar surface area (TPSA) is 15.3 Å². The fourth-order valence-corrected chi connectivity index (χ4v) is 3.39. The van der Waals surface area contributed by atoms with Crippen LogP contribution in [0.1, 0.15) is 58.3 Å². The van der Waals surface area contributed by atoms with Crippen LogP contribution in [0.15, 0.2) is 0 Å². The molecule has 0 aromatic heterocycles. The molecule has 2 fully saturated rings. The average Bonchev–Trinajstić information content (AvgIpc) is 2.61. The number of thiocarbonyl (C=S) groups is 1. The molecule has 0 amide bonds. The Hall–Kier alpha value is -0.310. The fraction of sp³-hybridized carbons (Fsp3) is 0.929. The first kappa shape index (κ1) is 13.1. The molecule has 0 aromatic rings. The number of hydrogen-bond donors (Lipinski definition) is 1. The highest BCUT2D eigenvalue weighted by Crippen LogP contribution is 2.24. The van der Waals surface area contributed by atoms with Gasteiger partial charge < -0.3 is 10.2 Å². The normalized spacial score (nSPS) is 30.8. The molecule has 1 N–H and O–H groups in total. The Kier molecular flexibility index (Phi) is 5.08. The molecule has 2 aliphatic rings. The lowest BCUT2D eigenvalue weighted by molar-refractivity contribution is 0.297. The Morgan fingerprint density at radius 1 is 1.00 bits per heavy atom.